The van der Waals surface area contributed by atoms with Crippen LogP contribution in [-0.2, 0) is 5.41 Å². The smallest absolute Gasteiger partial charge is 0.411 e. The average molecular weight is 655 g/mol. The molecule has 0 aliphatic carbocycles. The zero-order valence-electron chi connectivity index (χ0n) is 24.1. The molecule has 2 aliphatic heterocycles. The third-order valence-electron chi connectivity index (χ3n) is 8.33. The molecule has 0 unspecified atom stereocenters. The molecule has 14 heteroatoms. The summed E-state index contributed by atoms with van der Waals surface area (Å²) in [6, 6.07) is 10.2. The Bertz CT molecular complexity index is 1920. The van der Waals surface area contributed by atoms with Crippen molar-refractivity contribution in [3.63, 3.8) is 0 Å². The number of alkyl halides is 6. The van der Waals surface area contributed by atoms with Gasteiger partial charge in [0, 0.05) is 0 Å². The predicted octanol–water partition coefficient (Wildman–Crippen LogP) is 6.73. The molecule has 240 valence electrons. The first-order valence-electron chi connectivity index (χ1n) is 13.7. The SMILES string of the molecule is Cc1cc(O)ccc1N1C(=O)c2ccc(C(c3ccc4c(c3)C(=O)N(c3ccc(O)cc3C)C4=O)(C(F)(F)F)C(F)(F)F)cc2C1=O. The number of hydrogen-bond donors (Lipinski definition) is 2. The summed E-state index contributed by atoms with van der Waals surface area (Å²) in [6.07, 6.45) is -12.2. The molecule has 6 rings (SSSR count). The van der Waals surface area contributed by atoms with E-state index >= 15 is 26.3 Å². The van der Waals surface area contributed by atoms with E-state index in [0.29, 0.717) is 46.2 Å². The molecule has 2 aliphatic rings. The number of phenols is 2. The van der Waals surface area contributed by atoms with E-state index < -0.39 is 74.8 Å². The highest BCUT2D eigenvalue weighted by molar-refractivity contribution is 6.35. The Balaban J connectivity index is 1.52. The van der Waals surface area contributed by atoms with Gasteiger partial charge in [0.2, 0.25) is 5.41 Å². The van der Waals surface area contributed by atoms with Crippen LogP contribution < -0.4 is 9.80 Å². The van der Waals surface area contributed by atoms with Crippen LogP contribution in [0.2, 0.25) is 0 Å². The molecular weight excluding hydrogens is 634 g/mol. The van der Waals surface area contributed by atoms with E-state index in [0.717, 1.165) is 12.1 Å². The van der Waals surface area contributed by atoms with Crippen molar-refractivity contribution in [2.45, 2.75) is 31.6 Å². The normalized spacial score (nSPS) is 15.1. The number of benzene rings is 4. The molecule has 4 aromatic carbocycles. The number of carbonyl (C=O) groups is 4. The molecule has 2 N–H and O–H groups in total. The summed E-state index contributed by atoms with van der Waals surface area (Å²) in [7, 11) is 0. The van der Waals surface area contributed by atoms with Crippen LogP contribution in [0.25, 0.3) is 0 Å². The summed E-state index contributed by atoms with van der Waals surface area (Å²) in [5.74, 6) is -4.79. The van der Waals surface area contributed by atoms with E-state index in [1.807, 2.05) is 0 Å². The minimum Gasteiger partial charge on any atom is -0.508 e. The number of imide groups is 2. The number of halogens is 6. The molecule has 8 nitrogen and oxygen atoms in total. The quantitative estimate of drug-likeness (QED) is 0.186. The van der Waals surface area contributed by atoms with Crippen molar-refractivity contribution in [3.8, 4) is 11.5 Å². The van der Waals surface area contributed by atoms with Gasteiger partial charge in [0.05, 0.1) is 33.6 Å². The van der Waals surface area contributed by atoms with E-state index in [9.17, 15) is 29.4 Å². The maximum absolute atomic E-state index is 15.1. The fourth-order valence-electron chi connectivity index (χ4n) is 6.15. The maximum Gasteiger partial charge on any atom is 0.411 e. The number of nitrogens with zero attached hydrogens (tertiary/aromatic N) is 2. The highest BCUT2D eigenvalue weighted by atomic mass is 19.4. The van der Waals surface area contributed by atoms with Gasteiger partial charge >= 0.3 is 12.4 Å². The molecule has 0 radical (unpaired) electrons. The second kappa shape index (κ2) is 10.2. The van der Waals surface area contributed by atoms with Gasteiger partial charge in [0.1, 0.15) is 11.5 Å². The molecule has 4 aromatic rings. The second-order valence-corrected chi connectivity index (χ2v) is 11.1. The zero-order chi connectivity index (χ0) is 34.4. The van der Waals surface area contributed by atoms with Gasteiger partial charge in [-0.1, -0.05) is 12.1 Å². The first-order chi connectivity index (χ1) is 21.9. The third-order valence-corrected chi connectivity index (χ3v) is 8.33. The molecule has 47 heavy (non-hydrogen) atoms. The van der Waals surface area contributed by atoms with Crippen molar-refractivity contribution in [2.24, 2.45) is 0 Å². The summed E-state index contributed by atoms with van der Waals surface area (Å²) >= 11 is 0. The van der Waals surface area contributed by atoms with Crippen LogP contribution in [0.3, 0.4) is 0 Å². The van der Waals surface area contributed by atoms with Crippen molar-refractivity contribution in [3.05, 3.63) is 117 Å². The predicted molar refractivity (Wildman–Crippen MR) is 154 cm³/mol. The van der Waals surface area contributed by atoms with Crippen LogP contribution in [0.1, 0.15) is 63.7 Å². The minimum absolute atomic E-state index is 0.0383. The number of aromatic hydroxyl groups is 2. The van der Waals surface area contributed by atoms with Gasteiger partial charge in [0.25, 0.3) is 23.6 Å². The number of amides is 4. The number of carbonyl (C=O) groups excluding carboxylic acids is 4. The van der Waals surface area contributed by atoms with Crippen molar-refractivity contribution >= 4 is 35.0 Å². The van der Waals surface area contributed by atoms with E-state index in [1.54, 1.807) is 0 Å². The third kappa shape index (κ3) is 4.38. The Morgan fingerprint density at radius 3 is 1.15 bits per heavy atom. The second-order valence-electron chi connectivity index (χ2n) is 11.1. The van der Waals surface area contributed by atoms with E-state index in [-0.39, 0.29) is 34.0 Å². The van der Waals surface area contributed by atoms with E-state index in [1.165, 1.54) is 38.1 Å². The van der Waals surface area contributed by atoms with E-state index in [4.69, 9.17) is 0 Å². The molecule has 0 spiro atoms. The fraction of sp³-hybridized carbons (Fsp3) is 0.152. The molecule has 4 amide bonds. The highest BCUT2D eigenvalue weighted by Crippen LogP contribution is 2.57. The van der Waals surface area contributed by atoms with Gasteiger partial charge in [-0.25, -0.2) is 9.80 Å². The van der Waals surface area contributed by atoms with Crippen molar-refractivity contribution in [2.75, 3.05) is 9.80 Å². The Morgan fingerprint density at radius 2 is 0.830 bits per heavy atom. The van der Waals surface area contributed by atoms with Crippen LogP contribution in [-0.4, -0.2) is 46.2 Å². The number of phenolic OH excluding ortho intramolecular Hbond substituents is 2. The number of fused-ring (bicyclic) bond motifs is 2. The minimum atomic E-state index is -6.12. The van der Waals surface area contributed by atoms with Gasteiger partial charge in [0.15, 0.2) is 0 Å². The number of anilines is 2. The number of aryl methyl sites for hydroxylation is 2. The lowest BCUT2D eigenvalue weighted by molar-refractivity contribution is -0.288. The van der Waals surface area contributed by atoms with Crippen molar-refractivity contribution in [1.29, 1.82) is 0 Å². The van der Waals surface area contributed by atoms with Crippen molar-refractivity contribution in [1.82, 2.24) is 0 Å². The van der Waals surface area contributed by atoms with Crippen molar-refractivity contribution < 1.29 is 55.7 Å². The summed E-state index contributed by atoms with van der Waals surface area (Å²) in [4.78, 5) is 54.3. The van der Waals surface area contributed by atoms with Gasteiger partial charge in [-0.3, -0.25) is 19.2 Å². The Hall–Kier alpha value is -5.66. The molecule has 0 saturated heterocycles. The molecule has 0 bridgehead atoms. The summed E-state index contributed by atoms with van der Waals surface area (Å²) < 4.78 is 90.4. The largest absolute Gasteiger partial charge is 0.508 e. The lowest BCUT2D eigenvalue weighted by Crippen LogP contribution is -2.55. The van der Waals surface area contributed by atoms with Gasteiger partial charge in [-0.05, 0) is 96.8 Å². The van der Waals surface area contributed by atoms with Crippen LogP contribution in [0.5, 0.6) is 11.5 Å². The molecule has 0 atom stereocenters. The topological polar surface area (TPSA) is 115 Å². The Morgan fingerprint density at radius 1 is 0.489 bits per heavy atom. The first-order valence-corrected chi connectivity index (χ1v) is 13.7. The maximum atomic E-state index is 15.1. The van der Waals surface area contributed by atoms with Crippen LogP contribution in [0, 0.1) is 13.8 Å². The Labute approximate surface area is 261 Å². The van der Waals surface area contributed by atoms with Crippen LogP contribution in [0.4, 0.5) is 37.7 Å². The van der Waals surface area contributed by atoms with Crippen LogP contribution >= 0.6 is 0 Å². The lowest BCUT2D eigenvalue weighted by Gasteiger charge is -2.38. The molecule has 0 saturated carbocycles. The highest BCUT2D eigenvalue weighted by Gasteiger charge is 2.73. The summed E-state index contributed by atoms with van der Waals surface area (Å²) in [5.41, 5.74) is -9.68. The molecule has 0 aromatic heterocycles. The summed E-state index contributed by atoms with van der Waals surface area (Å²) in [5, 5.41) is 19.4. The average Bonchev–Trinajstić information content (AvgIpc) is 3.36. The van der Waals surface area contributed by atoms with Crippen LogP contribution in [0.15, 0.2) is 72.8 Å². The summed E-state index contributed by atoms with van der Waals surface area (Å²) in [6.45, 7) is 2.87. The molecule has 0 fully saturated rings. The lowest BCUT2D eigenvalue weighted by atomic mass is 9.71. The number of hydrogen-bond acceptors (Lipinski definition) is 6. The number of rotatable bonds is 4. The standard InChI is InChI=1S/C33H20F6N2O6/c1-15-11-19(42)5-9-25(15)40-27(44)21-7-3-17(13-23(21)29(40)46)31(32(34,35)36,33(37,38)39)18-4-8-22-24(14-18)30(47)41(28(22)45)26-10-6-20(43)12-16(26)2/h3-14,42-43H,1-2H3. The van der Waals surface area contributed by atoms with Gasteiger partial charge in [-0.15, -0.1) is 0 Å². The monoisotopic (exact) mass is 654 g/mol. The Kier molecular flexibility index (Phi) is 6.78. The first kappa shape index (κ1) is 31.3. The fourth-order valence-corrected chi connectivity index (χ4v) is 6.15. The molecule has 2 heterocycles. The van der Waals surface area contributed by atoms with E-state index in [2.05, 4.69) is 0 Å². The molecular formula is C33H20F6N2O6. The van der Waals surface area contributed by atoms with Gasteiger partial charge < -0.3 is 10.2 Å². The van der Waals surface area contributed by atoms with Gasteiger partial charge in [-0.2, -0.15) is 26.3 Å². The zero-order valence-corrected chi connectivity index (χ0v) is 24.1.